The van der Waals surface area contributed by atoms with Crippen molar-refractivity contribution in [3.8, 4) is 5.75 Å². The van der Waals surface area contributed by atoms with Gasteiger partial charge in [0.05, 0.1) is 17.7 Å². The van der Waals surface area contributed by atoms with E-state index in [1.54, 1.807) is 38.4 Å². The molecule has 1 amide bonds. The molecule has 0 saturated heterocycles. The van der Waals surface area contributed by atoms with Gasteiger partial charge in [-0.1, -0.05) is 12.1 Å². The monoisotopic (exact) mass is 460 g/mol. The zero-order valence-electron chi connectivity index (χ0n) is 17.5. The summed E-state index contributed by atoms with van der Waals surface area (Å²) in [6.45, 7) is -0.269. The summed E-state index contributed by atoms with van der Waals surface area (Å²) < 4.78 is 59.2. The number of rotatable bonds is 8. The molecule has 3 aromatic carbocycles. The van der Waals surface area contributed by atoms with E-state index in [1.165, 1.54) is 17.0 Å². The maximum atomic E-state index is 13.4. The predicted molar refractivity (Wildman–Crippen MR) is 117 cm³/mol. The van der Waals surface area contributed by atoms with Crippen LogP contribution in [0.1, 0.15) is 5.56 Å². The summed E-state index contributed by atoms with van der Waals surface area (Å²) in [5, 5.41) is 0. The lowest BCUT2D eigenvalue weighted by molar-refractivity contribution is -0.128. The third kappa shape index (κ3) is 5.42. The minimum absolute atomic E-state index is 0.113. The number of carbonyl (C=O) groups is 1. The second kappa shape index (κ2) is 9.78. The Morgan fingerprint density at radius 2 is 1.41 bits per heavy atom. The minimum Gasteiger partial charge on any atom is -0.497 e. The van der Waals surface area contributed by atoms with Gasteiger partial charge in [0, 0.05) is 13.6 Å². The molecule has 3 aromatic rings. The highest BCUT2D eigenvalue weighted by atomic mass is 32.2. The average molecular weight is 461 g/mol. The lowest BCUT2D eigenvalue weighted by Crippen LogP contribution is -2.41. The highest BCUT2D eigenvalue weighted by Gasteiger charge is 2.28. The number of likely N-dealkylation sites (N-methyl/N-ethyl adjacent to an activating group) is 1. The average Bonchev–Trinajstić information content (AvgIpc) is 2.78. The second-order valence-electron chi connectivity index (χ2n) is 7.04. The van der Waals surface area contributed by atoms with Crippen LogP contribution < -0.4 is 9.04 Å². The van der Waals surface area contributed by atoms with E-state index in [0.717, 1.165) is 46.3 Å². The van der Waals surface area contributed by atoms with E-state index in [1.807, 2.05) is 0 Å². The van der Waals surface area contributed by atoms with Crippen LogP contribution in [0.3, 0.4) is 0 Å². The van der Waals surface area contributed by atoms with Crippen molar-refractivity contribution in [2.24, 2.45) is 0 Å². The van der Waals surface area contributed by atoms with Crippen LogP contribution in [0.2, 0.25) is 0 Å². The number of methoxy groups -OCH3 is 1. The number of hydrogen-bond acceptors (Lipinski definition) is 4. The van der Waals surface area contributed by atoms with Gasteiger partial charge in [-0.2, -0.15) is 0 Å². The molecule has 0 bridgehead atoms. The molecule has 0 fully saturated rings. The van der Waals surface area contributed by atoms with E-state index < -0.39 is 34.1 Å². The molecule has 9 heteroatoms. The van der Waals surface area contributed by atoms with E-state index >= 15 is 0 Å². The molecule has 6 nitrogen and oxygen atoms in total. The summed E-state index contributed by atoms with van der Waals surface area (Å²) in [4.78, 5) is 14.1. The topological polar surface area (TPSA) is 66.9 Å². The first-order chi connectivity index (χ1) is 15.2. The van der Waals surface area contributed by atoms with Crippen LogP contribution in [0.25, 0.3) is 0 Å². The Balaban J connectivity index is 1.86. The molecule has 0 atom stereocenters. The van der Waals surface area contributed by atoms with Gasteiger partial charge >= 0.3 is 0 Å². The van der Waals surface area contributed by atoms with Crippen molar-refractivity contribution in [2.45, 2.75) is 11.4 Å². The van der Waals surface area contributed by atoms with E-state index in [2.05, 4.69) is 0 Å². The third-order valence-electron chi connectivity index (χ3n) is 4.80. The molecule has 3 rings (SSSR count). The molecule has 0 heterocycles. The van der Waals surface area contributed by atoms with Gasteiger partial charge < -0.3 is 9.64 Å². The predicted octanol–water partition coefficient (Wildman–Crippen LogP) is 3.83. The smallest absolute Gasteiger partial charge is 0.264 e. The summed E-state index contributed by atoms with van der Waals surface area (Å²) in [6.07, 6.45) is 0. The highest BCUT2D eigenvalue weighted by molar-refractivity contribution is 7.92. The van der Waals surface area contributed by atoms with Gasteiger partial charge in [-0.25, -0.2) is 17.2 Å². The quantitative estimate of drug-likeness (QED) is 0.513. The van der Waals surface area contributed by atoms with Crippen molar-refractivity contribution in [1.29, 1.82) is 0 Å². The first-order valence-corrected chi connectivity index (χ1v) is 11.1. The molecule has 0 aromatic heterocycles. The van der Waals surface area contributed by atoms with E-state index in [-0.39, 0.29) is 17.1 Å². The van der Waals surface area contributed by atoms with Crippen LogP contribution in [0.15, 0.2) is 77.7 Å². The lowest BCUT2D eigenvalue weighted by atomic mass is 10.2. The van der Waals surface area contributed by atoms with Crippen molar-refractivity contribution in [3.63, 3.8) is 0 Å². The number of hydrogen-bond donors (Lipinski definition) is 0. The molecule has 0 N–H and O–H groups in total. The van der Waals surface area contributed by atoms with Crippen LogP contribution in [-0.2, 0) is 21.4 Å². The summed E-state index contributed by atoms with van der Waals surface area (Å²) >= 11 is 0. The largest absolute Gasteiger partial charge is 0.497 e. The van der Waals surface area contributed by atoms with E-state index in [9.17, 15) is 22.0 Å². The SMILES string of the molecule is COc1ccc(CN(C)C(=O)CN(c2ccc(F)cc2)S(=O)(=O)c2ccc(F)cc2)cc1. The van der Waals surface area contributed by atoms with Crippen molar-refractivity contribution < 1.29 is 26.7 Å². The van der Waals surface area contributed by atoms with Crippen molar-refractivity contribution in [2.75, 3.05) is 25.0 Å². The Kier molecular flexibility index (Phi) is 7.09. The maximum Gasteiger partial charge on any atom is 0.264 e. The molecule has 0 unspecified atom stereocenters. The molecule has 0 aliphatic rings. The molecular weight excluding hydrogens is 438 g/mol. The molecule has 168 valence electrons. The fourth-order valence-electron chi connectivity index (χ4n) is 2.99. The van der Waals surface area contributed by atoms with Gasteiger partial charge in [-0.15, -0.1) is 0 Å². The molecule has 0 saturated carbocycles. The van der Waals surface area contributed by atoms with Crippen molar-refractivity contribution >= 4 is 21.6 Å². The highest BCUT2D eigenvalue weighted by Crippen LogP contribution is 2.24. The van der Waals surface area contributed by atoms with Gasteiger partial charge in [0.25, 0.3) is 10.0 Å². The Labute approximate surface area is 185 Å². The fourth-order valence-corrected chi connectivity index (χ4v) is 4.41. The van der Waals surface area contributed by atoms with E-state index in [4.69, 9.17) is 4.74 Å². The number of benzene rings is 3. The fraction of sp³-hybridized carbons (Fsp3) is 0.174. The van der Waals surface area contributed by atoms with Crippen LogP contribution in [0, 0.1) is 11.6 Å². The van der Waals surface area contributed by atoms with Crippen LogP contribution in [0.4, 0.5) is 14.5 Å². The van der Waals surface area contributed by atoms with Gasteiger partial charge in [-0.05, 0) is 66.2 Å². The first-order valence-electron chi connectivity index (χ1n) is 9.61. The third-order valence-corrected chi connectivity index (χ3v) is 6.59. The standard InChI is InChI=1S/C23H22F2N2O4S/c1-26(15-17-3-11-21(31-2)12-4-17)23(28)16-27(20-9-5-18(24)6-10-20)32(29,30)22-13-7-19(25)8-14-22/h3-14H,15-16H2,1-2H3. The summed E-state index contributed by atoms with van der Waals surface area (Å²) in [5.74, 6) is -0.935. The molecular formula is C23H22F2N2O4S. The summed E-state index contributed by atoms with van der Waals surface area (Å²) in [7, 11) is -1.11. The molecule has 32 heavy (non-hydrogen) atoms. The van der Waals surface area contributed by atoms with Crippen molar-refractivity contribution in [1.82, 2.24) is 4.90 Å². The number of nitrogens with zero attached hydrogens (tertiary/aromatic N) is 2. The Morgan fingerprint density at radius 1 is 0.875 bits per heavy atom. The summed E-state index contributed by atoms with van der Waals surface area (Å²) in [6, 6.07) is 16.2. The van der Waals surface area contributed by atoms with Gasteiger partial charge in [-0.3, -0.25) is 9.10 Å². The lowest BCUT2D eigenvalue weighted by Gasteiger charge is -2.26. The summed E-state index contributed by atoms with van der Waals surface area (Å²) in [5.41, 5.74) is 0.943. The normalized spacial score (nSPS) is 11.1. The van der Waals surface area contributed by atoms with E-state index in [0.29, 0.717) is 5.75 Å². The zero-order valence-corrected chi connectivity index (χ0v) is 18.4. The number of anilines is 1. The maximum absolute atomic E-state index is 13.4. The van der Waals surface area contributed by atoms with Crippen LogP contribution in [0.5, 0.6) is 5.75 Å². The minimum atomic E-state index is -4.21. The molecule has 0 aliphatic carbocycles. The number of ether oxygens (including phenoxy) is 1. The number of halogens is 2. The van der Waals surface area contributed by atoms with Gasteiger partial charge in [0.2, 0.25) is 5.91 Å². The van der Waals surface area contributed by atoms with Crippen LogP contribution in [-0.4, -0.2) is 39.9 Å². The van der Waals surface area contributed by atoms with Crippen LogP contribution >= 0.6 is 0 Å². The Hall–Kier alpha value is -3.46. The number of carbonyl (C=O) groups excluding carboxylic acids is 1. The van der Waals surface area contributed by atoms with Gasteiger partial charge in [0.1, 0.15) is 23.9 Å². The first kappa shape index (κ1) is 23.2. The van der Waals surface area contributed by atoms with Crippen molar-refractivity contribution in [3.05, 3.63) is 90.0 Å². The Morgan fingerprint density at radius 3 is 1.94 bits per heavy atom. The number of amides is 1. The molecule has 0 spiro atoms. The van der Waals surface area contributed by atoms with Gasteiger partial charge in [0.15, 0.2) is 0 Å². The zero-order chi connectivity index (χ0) is 23.3. The second-order valence-corrected chi connectivity index (χ2v) is 8.90. The molecule has 0 aliphatic heterocycles. The Bertz CT molecular complexity index is 1170. The molecule has 0 radical (unpaired) electrons. The number of sulfonamides is 1.